The number of aliphatic hydroxyl groups excluding tert-OH is 1. The predicted octanol–water partition coefficient (Wildman–Crippen LogP) is 9.17. The van der Waals surface area contributed by atoms with E-state index in [4.69, 9.17) is 23.9 Å². The number of hydrogen-bond acceptors (Lipinski definition) is 8. The Kier molecular flexibility index (Phi) is 8.99. The molecule has 1 aliphatic rings. The Morgan fingerprint density at radius 1 is 0.780 bits per heavy atom. The molecule has 9 heteroatoms. The van der Waals surface area contributed by atoms with Gasteiger partial charge in [-0.2, -0.15) is 0 Å². The van der Waals surface area contributed by atoms with Crippen molar-refractivity contribution in [3.05, 3.63) is 150 Å². The summed E-state index contributed by atoms with van der Waals surface area (Å²) in [6, 6.07) is 38.8. The van der Waals surface area contributed by atoms with Crippen LogP contribution in [0.2, 0.25) is 0 Å². The van der Waals surface area contributed by atoms with Crippen molar-refractivity contribution in [1.29, 1.82) is 0 Å². The number of rotatable bonds is 11. The molecule has 7 nitrogen and oxygen atoms in total. The van der Waals surface area contributed by atoms with E-state index in [0.717, 1.165) is 44.8 Å². The topological polar surface area (TPSA) is 75.0 Å². The van der Waals surface area contributed by atoms with Crippen LogP contribution < -0.4 is 9.47 Å². The van der Waals surface area contributed by atoms with Gasteiger partial charge in [-0.25, -0.2) is 4.98 Å². The molecular formula is C41H36N2O5S2. The van der Waals surface area contributed by atoms with E-state index in [2.05, 4.69) is 53.9 Å². The third-order valence-electron chi connectivity index (χ3n) is 9.40. The van der Waals surface area contributed by atoms with E-state index in [-0.39, 0.29) is 6.61 Å². The molecule has 1 aliphatic heterocycles. The van der Waals surface area contributed by atoms with E-state index in [9.17, 15) is 5.11 Å². The lowest BCUT2D eigenvalue weighted by Gasteiger charge is -2.37. The number of aliphatic hydroxyl groups is 1. The quantitative estimate of drug-likeness (QED) is 0.136. The van der Waals surface area contributed by atoms with Crippen molar-refractivity contribution < 1.29 is 24.1 Å². The molecule has 0 spiro atoms. The highest BCUT2D eigenvalue weighted by Crippen LogP contribution is 2.44. The molecule has 0 unspecified atom stereocenters. The summed E-state index contributed by atoms with van der Waals surface area (Å²) in [6.45, 7) is 0.142. The first kappa shape index (κ1) is 32.4. The second-order valence-electron chi connectivity index (χ2n) is 12.2. The lowest BCUT2D eigenvalue weighted by molar-refractivity contribution is -0.0930. The van der Waals surface area contributed by atoms with Gasteiger partial charge in [0.05, 0.1) is 26.9 Å². The van der Waals surface area contributed by atoms with Gasteiger partial charge in [-0.15, -0.1) is 22.7 Å². The van der Waals surface area contributed by atoms with Crippen molar-refractivity contribution in [2.45, 2.75) is 30.5 Å². The number of aromatic nitrogens is 2. The maximum atomic E-state index is 11.4. The van der Waals surface area contributed by atoms with E-state index in [1.54, 1.807) is 36.9 Å². The number of ether oxygens (including phenoxy) is 4. The Balaban J connectivity index is 1.10. The van der Waals surface area contributed by atoms with E-state index in [0.29, 0.717) is 6.42 Å². The van der Waals surface area contributed by atoms with Gasteiger partial charge in [0.2, 0.25) is 0 Å². The monoisotopic (exact) mass is 700 g/mol. The van der Waals surface area contributed by atoms with Gasteiger partial charge in [0, 0.05) is 44.4 Å². The predicted molar refractivity (Wildman–Crippen MR) is 199 cm³/mol. The summed E-state index contributed by atoms with van der Waals surface area (Å²) >= 11 is 3.53. The number of nitrogens with zero attached hydrogens (tertiary/aromatic N) is 2. The minimum absolute atomic E-state index is 0.142. The highest BCUT2D eigenvalue weighted by Gasteiger charge is 2.42. The number of methoxy groups -OCH3 is 2. The SMILES string of the molecule is COc1ccc(C(OC[C@H]2O[C@@H](n3ccc4c(-c5ccc(-c6cccs6)s5)ccnc43)C[C@@H]2O)(c2ccccc2)c2ccc(OC)cc2)cc1. The average Bonchev–Trinajstić information content (AvgIpc) is 4.00. The molecule has 7 aromatic rings. The summed E-state index contributed by atoms with van der Waals surface area (Å²) in [5, 5.41) is 14.6. The molecule has 0 bridgehead atoms. The van der Waals surface area contributed by atoms with Crippen LogP contribution in [0.4, 0.5) is 0 Å². The van der Waals surface area contributed by atoms with Crippen LogP contribution in [0.15, 0.2) is 133 Å². The largest absolute Gasteiger partial charge is 0.497 e. The highest BCUT2D eigenvalue weighted by molar-refractivity contribution is 7.23. The van der Waals surface area contributed by atoms with E-state index in [1.165, 1.54) is 14.6 Å². The zero-order chi connectivity index (χ0) is 34.1. The summed E-state index contributed by atoms with van der Waals surface area (Å²) in [5.41, 5.74) is 3.72. The molecule has 0 radical (unpaired) electrons. The highest BCUT2D eigenvalue weighted by atomic mass is 32.1. The molecule has 0 saturated carbocycles. The van der Waals surface area contributed by atoms with Gasteiger partial charge in [0.25, 0.3) is 0 Å². The van der Waals surface area contributed by atoms with Crippen LogP contribution >= 0.6 is 22.7 Å². The number of pyridine rings is 1. The summed E-state index contributed by atoms with van der Waals surface area (Å²) in [7, 11) is 3.31. The van der Waals surface area contributed by atoms with Crippen molar-refractivity contribution in [2.75, 3.05) is 20.8 Å². The van der Waals surface area contributed by atoms with Crippen molar-refractivity contribution >= 4 is 33.7 Å². The Morgan fingerprint density at radius 3 is 2.12 bits per heavy atom. The number of thiophene rings is 2. The first-order chi connectivity index (χ1) is 24.6. The first-order valence-electron chi connectivity index (χ1n) is 16.5. The minimum Gasteiger partial charge on any atom is -0.497 e. The van der Waals surface area contributed by atoms with Crippen molar-refractivity contribution in [2.24, 2.45) is 0 Å². The van der Waals surface area contributed by atoms with Gasteiger partial charge < -0.3 is 28.6 Å². The molecule has 5 heterocycles. The molecule has 50 heavy (non-hydrogen) atoms. The summed E-state index contributed by atoms with van der Waals surface area (Å²) in [5.74, 6) is 1.50. The lowest BCUT2D eigenvalue weighted by Crippen LogP contribution is -2.38. The summed E-state index contributed by atoms with van der Waals surface area (Å²) in [6.07, 6.45) is 2.55. The molecule has 3 aromatic carbocycles. The standard InChI is InChI=1S/C41H36N2O5S2/c1-45-30-14-10-28(11-15-30)41(27-7-4-3-5-8-27,29-12-16-31(46-2)17-13-29)47-26-35-34(44)25-39(48-35)43-23-21-33-32(20-22-42-40(33)43)36-18-19-38(50-36)37-9-6-24-49-37/h3-24,34-35,39,44H,25-26H2,1-2H3/t34-,35+,39+/m0/s1. The number of hydrogen-bond donors (Lipinski definition) is 1. The Morgan fingerprint density at radius 2 is 1.46 bits per heavy atom. The molecule has 0 amide bonds. The van der Waals surface area contributed by atoms with Crippen molar-refractivity contribution in [1.82, 2.24) is 9.55 Å². The zero-order valence-electron chi connectivity index (χ0n) is 27.6. The van der Waals surface area contributed by atoms with E-state index < -0.39 is 24.0 Å². The zero-order valence-corrected chi connectivity index (χ0v) is 29.3. The van der Waals surface area contributed by atoms with E-state index in [1.807, 2.05) is 83.7 Å². The van der Waals surface area contributed by atoms with Gasteiger partial charge in [0.15, 0.2) is 0 Å². The second kappa shape index (κ2) is 13.9. The van der Waals surface area contributed by atoms with Gasteiger partial charge in [0.1, 0.15) is 35.1 Å². The molecule has 4 aromatic heterocycles. The molecule has 1 fully saturated rings. The van der Waals surface area contributed by atoms with Crippen molar-refractivity contribution in [3.8, 4) is 31.7 Å². The second-order valence-corrected chi connectivity index (χ2v) is 14.2. The minimum atomic E-state index is -1.01. The molecular weight excluding hydrogens is 665 g/mol. The fraction of sp³-hybridized carbons (Fsp3) is 0.195. The van der Waals surface area contributed by atoms with Crippen LogP contribution in [-0.4, -0.2) is 47.7 Å². The fourth-order valence-electron chi connectivity index (χ4n) is 6.86. The van der Waals surface area contributed by atoms with Gasteiger partial charge in [-0.05, 0) is 76.7 Å². The maximum absolute atomic E-state index is 11.4. The van der Waals surface area contributed by atoms with Crippen LogP contribution in [0.1, 0.15) is 29.3 Å². The molecule has 0 aliphatic carbocycles. The summed E-state index contributed by atoms with van der Waals surface area (Å²) < 4.78 is 26.7. The molecule has 1 saturated heterocycles. The molecule has 1 N–H and O–H groups in total. The van der Waals surface area contributed by atoms with Gasteiger partial charge >= 0.3 is 0 Å². The van der Waals surface area contributed by atoms with Crippen LogP contribution in [-0.2, 0) is 15.1 Å². The fourth-order valence-corrected chi connectivity index (χ4v) is 8.74. The van der Waals surface area contributed by atoms with Gasteiger partial charge in [-0.3, -0.25) is 0 Å². The maximum Gasteiger partial charge on any atom is 0.143 e. The average molecular weight is 701 g/mol. The molecule has 3 atom stereocenters. The molecule has 8 rings (SSSR count). The molecule has 252 valence electrons. The smallest absolute Gasteiger partial charge is 0.143 e. The normalized spacial score (nSPS) is 17.7. The third kappa shape index (κ3) is 5.91. The van der Waals surface area contributed by atoms with Gasteiger partial charge in [-0.1, -0.05) is 60.7 Å². The Labute approximate surface area is 298 Å². The number of benzene rings is 3. The summed E-state index contributed by atoms with van der Waals surface area (Å²) in [4.78, 5) is 8.47. The third-order valence-corrected chi connectivity index (χ3v) is 11.6. The Hall–Kier alpha value is -4.77. The van der Waals surface area contributed by atoms with Crippen LogP contribution in [0.3, 0.4) is 0 Å². The first-order valence-corrected chi connectivity index (χ1v) is 18.2. The number of fused-ring (bicyclic) bond motifs is 1. The Bertz CT molecular complexity index is 2130. The van der Waals surface area contributed by atoms with Crippen LogP contribution in [0.25, 0.3) is 31.2 Å². The van der Waals surface area contributed by atoms with Crippen molar-refractivity contribution in [3.63, 3.8) is 0 Å². The lowest BCUT2D eigenvalue weighted by atomic mass is 9.80. The van der Waals surface area contributed by atoms with Crippen LogP contribution in [0.5, 0.6) is 11.5 Å². The van der Waals surface area contributed by atoms with Crippen LogP contribution in [0, 0.1) is 0 Å². The van der Waals surface area contributed by atoms with E-state index >= 15 is 0 Å².